The van der Waals surface area contributed by atoms with Crippen molar-refractivity contribution < 1.29 is 0 Å². The molecule has 1 saturated carbocycles. The van der Waals surface area contributed by atoms with Crippen molar-refractivity contribution in [3.8, 4) is 0 Å². The first kappa shape index (κ1) is 11.3. The van der Waals surface area contributed by atoms with Crippen LogP contribution in [0.2, 0.25) is 0 Å². The first-order chi connectivity index (χ1) is 8.27. The van der Waals surface area contributed by atoms with Crippen LogP contribution in [0, 0.1) is 11.8 Å². The van der Waals surface area contributed by atoms with Crippen LogP contribution < -0.4 is 5.32 Å². The molecule has 17 heavy (non-hydrogen) atoms. The van der Waals surface area contributed by atoms with E-state index < -0.39 is 0 Å². The van der Waals surface area contributed by atoms with E-state index in [1.54, 1.807) is 0 Å². The zero-order valence-corrected chi connectivity index (χ0v) is 10.9. The Morgan fingerprint density at radius 2 is 2.12 bits per heavy atom. The summed E-state index contributed by atoms with van der Waals surface area (Å²) >= 11 is 0. The van der Waals surface area contributed by atoms with E-state index in [0.29, 0.717) is 12.0 Å². The fraction of sp³-hybridized carbons (Fsp3) is 0.786. The monoisotopic (exact) mass is 233 g/mol. The van der Waals surface area contributed by atoms with Gasteiger partial charge >= 0.3 is 0 Å². The van der Waals surface area contributed by atoms with Crippen molar-refractivity contribution in [2.24, 2.45) is 11.8 Å². The lowest BCUT2D eigenvalue weighted by molar-refractivity contribution is 0.180. The fourth-order valence-corrected chi connectivity index (χ4v) is 3.35. The molecule has 1 aliphatic carbocycles. The Kier molecular flexibility index (Phi) is 2.95. The highest BCUT2D eigenvalue weighted by Gasteiger charge is 2.31. The maximum Gasteiger partial charge on any atom is 0.0950 e. The molecule has 3 unspecified atom stereocenters. The van der Waals surface area contributed by atoms with E-state index in [9.17, 15) is 0 Å². The third kappa shape index (κ3) is 1.90. The summed E-state index contributed by atoms with van der Waals surface area (Å²) in [6.45, 7) is 7.07. The summed E-state index contributed by atoms with van der Waals surface area (Å²) in [5.41, 5.74) is 1.45. The third-order valence-electron chi connectivity index (χ3n) is 4.92. The Labute approximate surface area is 104 Å². The van der Waals surface area contributed by atoms with E-state index in [4.69, 9.17) is 0 Å². The van der Waals surface area contributed by atoms with Crippen molar-refractivity contribution >= 4 is 0 Å². The molecule has 1 aromatic rings. The Balaban J connectivity index is 1.84. The molecular weight excluding hydrogens is 210 g/mol. The number of hydrogen-bond acceptors (Lipinski definition) is 2. The second kappa shape index (κ2) is 4.45. The Morgan fingerprint density at radius 3 is 2.82 bits per heavy atom. The van der Waals surface area contributed by atoms with E-state index in [0.717, 1.165) is 24.9 Å². The van der Waals surface area contributed by atoms with E-state index >= 15 is 0 Å². The lowest BCUT2D eigenvalue weighted by Gasteiger charge is -2.38. The van der Waals surface area contributed by atoms with Crippen molar-refractivity contribution in [1.29, 1.82) is 0 Å². The second-order valence-electron chi connectivity index (χ2n) is 5.92. The predicted octanol–water partition coefficient (Wildman–Crippen LogP) is 2.57. The molecule has 3 nitrogen and oxygen atoms in total. The molecule has 1 N–H and O–H groups in total. The van der Waals surface area contributed by atoms with Gasteiger partial charge in [0.05, 0.1) is 6.33 Å². The summed E-state index contributed by atoms with van der Waals surface area (Å²) in [6.07, 6.45) is 8.24. The number of nitrogens with zero attached hydrogens (tertiary/aromatic N) is 2. The van der Waals surface area contributed by atoms with Gasteiger partial charge in [-0.2, -0.15) is 0 Å². The highest BCUT2D eigenvalue weighted by Crippen LogP contribution is 2.39. The lowest BCUT2D eigenvalue weighted by Crippen LogP contribution is -2.41. The third-order valence-corrected chi connectivity index (χ3v) is 4.92. The SMILES string of the molecule is CC1CCCC(n2cncc2C2CNC2)C1C. The van der Waals surface area contributed by atoms with Gasteiger partial charge in [-0.15, -0.1) is 0 Å². The summed E-state index contributed by atoms with van der Waals surface area (Å²) in [7, 11) is 0. The number of rotatable bonds is 2. The molecule has 1 aromatic heterocycles. The minimum atomic E-state index is 0.678. The lowest BCUT2D eigenvalue weighted by atomic mass is 9.77. The average Bonchev–Trinajstić information content (AvgIpc) is 2.68. The zero-order valence-electron chi connectivity index (χ0n) is 10.9. The summed E-state index contributed by atoms with van der Waals surface area (Å²) in [5.74, 6) is 2.33. The quantitative estimate of drug-likeness (QED) is 0.851. The minimum Gasteiger partial charge on any atom is -0.331 e. The maximum atomic E-state index is 4.39. The number of imidazole rings is 1. The van der Waals surface area contributed by atoms with Crippen LogP contribution in [0.3, 0.4) is 0 Å². The molecule has 0 bridgehead atoms. The molecule has 2 fully saturated rings. The second-order valence-corrected chi connectivity index (χ2v) is 5.92. The molecule has 3 atom stereocenters. The first-order valence-electron chi connectivity index (χ1n) is 7.00. The molecule has 0 radical (unpaired) electrons. The van der Waals surface area contributed by atoms with E-state index in [1.807, 2.05) is 0 Å². The molecule has 2 aliphatic rings. The molecule has 3 heteroatoms. The van der Waals surface area contributed by atoms with Crippen LogP contribution in [-0.2, 0) is 0 Å². The Hall–Kier alpha value is -0.830. The number of nitrogens with one attached hydrogen (secondary N) is 1. The fourth-order valence-electron chi connectivity index (χ4n) is 3.35. The zero-order chi connectivity index (χ0) is 11.8. The smallest absolute Gasteiger partial charge is 0.0950 e. The highest BCUT2D eigenvalue weighted by atomic mass is 15.1. The van der Waals surface area contributed by atoms with Gasteiger partial charge in [-0.25, -0.2) is 4.98 Å². The van der Waals surface area contributed by atoms with Gasteiger partial charge in [-0.05, 0) is 18.3 Å². The van der Waals surface area contributed by atoms with E-state index in [-0.39, 0.29) is 0 Å². The van der Waals surface area contributed by atoms with Crippen molar-refractivity contribution in [2.75, 3.05) is 13.1 Å². The van der Waals surface area contributed by atoms with Crippen LogP contribution in [0.25, 0.3) is 0 Å². The molecule has 3 rings (SSSR count). The average molecular weight is 233 g/mol. The van der Waals surface area contributed by atoms with Crippen molar-refractivity contribution in [3.05, 3.63) is 18.2 Å². The maximum absolute atomic E-state index is 4.39. The summed E-state index contributed by atoms with van der Waals surface area (Å²) in [5, 5.41) is 3.36. The van der Waals surface area contributed by atoms with Crippen LogP contribution in [-0.4, -0.2) is 22.6 Å². The van der Waals surface area contributed by atoms with Gasteiger partial charge in [0.25, 0.3) is 0 Å². The molecule has 1 aliphatic heterocycles. The van der Waals surface area contributed by atoms with Crippen molar-refractivity contribution in [1.82, 2.24) is 14.9 Å². The topological polar surface area (TPSA) is 29.9 Å². The van der Waals surface area contributed by atoms with Gasteiger partial charge in [0.15, 0.2) is 0 Å². The van der Waals surface area contributed by atoms with Crippen LogP contribution in [0.4, 0.5) is 0 Å². The van der Waals surface area contributed by atoms with Gasteiger partial charge in [0, 0.05) is 36.9 Å². The number of hydrogen-bond donors (Lipinski definition) is 1. The van der Waals surface area contributed by atoms with Crippen LogP contribution in [0.15, 0.2) is 12.5 Å². The van der Waals surface area contributed by atoms with Crippen LogP contribution in [0.1, 0.15) is 50.8 Å². The van der Waals surface area contributed by atoms with E-state index in [2.05, 4.69) is 41.2 Å². The molecule has 0 spiro atoms. The van der Waals surface area contributed by atoms with Crippen LogP contribution in [0.5, 0.6) is 0 Å². The molecule has 94 valence electrons. The molecule has 2 heterocycles. The van der Waals surface area contributed by atoms with Gasteiger partial charge in [-0.1, -0.05) is 26.7 Å². The Morgan fingerprint density at radius 1 is 1.29 bits per heavy atom. The molecule has 0 aromatic carbocycles. The highest BCUT2D eigenvalue weighted by molar-refractivity contribution is 5.13. The van der Waals surface area contributed by atoms with Gasteiger partial charge in [0.2, 0.25) is 0 Å². The largest absolute Gasteiger partial charge is 0.331 e. The molecule has 1 saturated heterocycles. The number of aromatic nitrogens is 2. The first-order valence-corrected chi connectivity index (χ1v) is 7.00. The Bertz CT molecular complexity index is 381. The molecular formula is C14H23N3. The van der Waals surface area contributed by atoms with Crippen molar-refractivity contribution in [2.45, 2.75) is 45.1 Å². The normalized spacial score (nSPS) is 34.6. The summed E-state index contributed by atoms with van der Waals surface area (Å²) < 4.78 is 2.48. The van der Waals surface area contributed by atoms with E-state index in [1.165, 1.54) is 25.0 Å². The van der Waals surface area contributed by atoms with Gasteiger partial charge in [-0.3, -0.25) is 0 Å². The predicted molar refractivity (Wildman–Crippen MR) is 69.1 cm³/mol. The van der Waals surface area contributed by atoms with Crippen LogP contribution >= 0.6 is 0 Å². The van der Waals surface area contributed by atoms with Gasteiger partial charge < -0.3 is 9.88 Å². The summed E-state index contributed by atoms with van der Waals surface area (Å²) in [6, 6.07) is 0.678. The molecule has 0 amide bonds. The minimum absolute atomic E-state index is 0.678. The van der Waals surface area contributed by atoms with Crippen molar-refractivity contribution in [3.63, 3.8) is 0 Å². The van der Waals surface area contributed by atoms with Gasteiger partial charge in [0.1, 0.15) is 0 Å². The summed E-state index contributed by atoms with van der Waals surface area (Å²) in [4.78, 5) is 4.39. The standard InChI is InChI=1S/C14H23N3/c1-10-4-3-5-13(11(10)2)17-9-16-8-14(17)12-6-15-7-12/h8-13,15H,3-7H2,1-2H3.